The maximum atomic E-state index is 13.2. The van der Waals surface area contributed by atoms with Crippen molar-refractivity contribution >= 4 is 34.1 Å². The number of carbonyl (C=O) groups is 1. The van der Waals surface area contributed by atoms with Crippen LogP contribution in [-0.2, 0) is 4.79 Å². The summed E-state index contributed by atoms with van der Waals surface area (Å²) < 4.78 is 0. The van der Waals surface area contributed by atoms with Crippen LogP contribution in [0.4, 0.5) is 5.69 Å². The van der Waals surface area contributed by atoms with Gasteiger partial charge in [0.1, 0.15) is 0 Å². The van der Waals surface area contributed by atoms with Gasteiger partial charge in [-0.15, -0.1) is 0 Å². The summed E-state index contributed by atoms with van der Waals surface area (Å²) in [6.45, 7) is 0. The molecule has 1 heterocycles. The number of nitrogens with one attached hydrogen (secondary N) is 1. The Labute approximate surface area is 158 Å². The van der Waals surface area contributed by atoms with Gasteiger partial charge in [-0.25, -0.2) is 0 Å². The molecular formula is C24H18N2O. The number of hydrogen-bond acceptors (Lipinski definition) is 2. The largest absolute Gasteiger partial charge is 0.320 e. The molecular weight excluding hydrogens is 332 g/mol. The van der Waals surface area contributed by atoms with E-state index in [2.05, 4.69) is 10.3 Å². The first kappa shape index (κ1) is 16.7. The summed E-state index contributed by atoms with van der Waals surface area (Å²) in [5, 5.41) is 4.02. The Kier molecular flexibility index (Phi) is 4.75. The van der Waals surface area contributed by atoms with Gasteiger partial charge in [0.05, 0.1) is 11.2 Å². The molecule has 0 aliphatic heterocycles. The van der Waals surface area contributed by atoms with Gasteiger partial charge in [0.25, 0.3) is 5.91 Å². The molecule has 1 N–H and O–H groups in total. The molecule has 4 rings (SSSR count). The lowest BCUT2D eigenvalue weighted by atomic mass is 10.0. The van der Waals surface area contributed by atoms with Crippen molar-refractivity contribution in [2.75, 3.05) is 5.32 Å². The Balaban J connectivity index is 1.74. The highest BCUT2D eigenvalue weighted by Gasteiger charge is 2.14. The molecule has 3 heteroatoms. The van der Waals surface area contributed by atoms with Crippen molar-refractivity contribution in [3.63, 3.8) is 0 Å². The zero-order chi connectivity index (χ0) is 18.5. The first-order chi connectivity index (χ1) is 13.3. The average Bonchev–Trinajstić information content (AvgIpc) is 2.73. The Morgan fingerprint density at radius 2 is 1.48 bits per heavy atom. The lowest BCUT2D eigenvalue weighted by Crippen LogP contribution is -2.14. The van der Waals surface area contributed by atoms with Crippen LogP contribution in [0.2, 0.25) is 0 Å². The average molecular weight is 350 g/mol. The summed E-state index contributed by atoms with van der Waals surface area (Å²) >= 11 is 0. The van der Waals surface area contributed by atoms with E-state index >= 15 is 0 Å². The lowest BCUT2D eigenvalue weighted by Gasteiger charge is -2.11. The van der Waals surface area contributed by atoms with Crippen molar-refractivity contribution in [3.8, 4) is 0 Å². The number of rotatable bonds is 4. The number of para-hydroxylation sites is 1. The SMILES string of the molecule is O=C(Nc1cccc2cccnc12)/C(=C/c1ccccc1)c1ccccc1. The molecule has 0 saturated carbocycles. The summed E-state index contributed by atoms with van der Waals surface area (Å²) in [5.41, 5.74) is 3.93. The van der Waals surface area contributed by atoms with Crippen LogP contribution in [0.3, 0.4) is 0 Å². The van der Waals surface area contributed by atoms with E-state index < -0.39 is 0 Å². The zero-order valence-electron chi connectivity index (χ0n) is 14.7. The van der Waals surface area contributed by atoms with Crippen molar-refractivity contribution in [1.82, 2.24) is 4.98 Å². The van der Waals surface area contributed by atoms with Gasteiger partial charge in [-0.3, -0.25) is 9.78 Å². The van der Waals surface area contributed by atoms with Gasteiger partial charge in [0.15, 0.2) is 0 Å². The number of hydrogen-bond donors (Lipinski definition) is 1. The van der Waals surface area contributed by atoms with Gasteiger partial charge in [-0.2, -0.15) is 0 Å². The lowest BCUT2D eigenvalue weighted by molar-refractivity contribution is -0.111. The first-order valence-corrected chi connectivity index (χ1v) is 8.78. The fourth-order valence-electron chi connectivity index (χ4n) is 3.01. The summed E-state index contributed by atoms with van der Waals surface area (Å²) in [5.74, 6) is -0.164. The molecule has 0 radical (unpaired) electrons. The van der Waals surface area contributed by atoms with Crippen molar-refractivity contribution < 1.29 is 4.79 Å². The van der Waals surface area contributed by atoms with Crippen LogP contribution in [0.1, 0.15) is 11.1 Å². The number of nitrogens with zero attached hydrogens (tertiary/aromatic N) is 1. The normalized spacial score (nSPS) is 11.3. The molecule has 0 saturated heterocycles. The van der Waals surface area contributed by atoms with E-state index in [1.807, 2.05) is 97.1 Å². The van der Waals surface area contributed by atoms with Gasteiger partial charge < -0.3 is 5.32 Å². The Morgan fingerprint density at radius 3 is 2.26 bits per heavy atom. The maximum absolute atomic E-state index is 13.2. The van der Waals surface area contributed by atoms with Gasteiger partial charge in [-0.1, -0.05) is 78.9 Å². The predicted octanol–water partition coefficient (Wildman–Crippen LogP) is 5.41. The number of aromatic nitrogens is 1. The highest BCUT2D eigenvalue weighted by molar-refractivity contribution is 6.30. The third-order valence-corrected chi connectivity index (χ3v) is 4.32. The predicted molar refractivity (Wildman–Crippen MR) is 111 cm³/mol. The molecule has 27 heavy (non-hydrogen) atoms. The highest BCUT2D eigenvalue weighted by atomic mass is 16.1. The van der Waals surface area contributed by atoms with Gasteiger partial charge in [0, 0.05) is 17.2 Å². The van der Waals surface area contributed by atoms with Crippen molar-refractivity contribution in [2.24, 2.45) is 0 Å². The minimum absolute atomic E-state index is 0.164. The number of amides is 1. The Morgan fingerprint density at radius 1 is 0.778 bits per heavy atom. The Bertz CT molecular complexity index is 1100. The van der Waals surface area contributed by atoms with Crippen LogP contribution in [0.15, 0.2) is 97.2 Å². The van der Waals surface area contributed by atoms with E-state index in [0.29, 0.717) is 11.3 Å². The standard InChI is InChI=1S/C24H18N2O/c27-24(26-22-15-7-13-20-14-8-16-25-23(20)22)21(19-11-5-2-6-12-19)17-18-9-3-1-4-10-18/h1-17H,(H,26,27)/b21-17+. The fraction of sp³-hybridized carbons (Fsp3) is 0. The minimum Gasteiger partial charge on any atom is -0.320 e. The van der Waals surface area contributed by atoms with E-state index in [9.17, 15) is 4.79 Å². The molecule has 130 valence electrons. The molecule has 0 unspecified atom stereocenters. The van der Waals surface area contributed by atoms with Gasteiger partial charge in [0.2, 0.25) is 0 Å². The summed E-state index contributed by atoms with van der Waals surface area (Å²) in [6, 6.07) is 29.2. The van der Waals surface area contributed by atoms with Crippen LogP contribution in [0, 0.1) is 0 Å². The quantitative estimate of drug-likeness (QED) is 0.395. The van der Waals surface area contributed by atoms with Crippen LogP contribution >= 0.6 is 0 Å². The molecule has 0 atom stereocenters. The zero-order valence-corrected chi connectivity index (χ0v) is 14.7. The van der Waals surface area contributed by atoms with E-state index in [-0.39, 0.29) is 5.91 Å². The minimum atomic E-state index is -0.164. The second-order valence-electron chi connectivity index (χ2n) is 6.17. The molecule has 0 aliphatic rings. The van der Waals surface area contributed by atoms with E-state index in [1.54, 1.807) is 6.20 Å². The fourth-order valence-corrected chi connectivity index (χ4v) is 3.01. The highest BCUT2D eigenvalue weighted by Crippen LogP contribution is 2.24. The maximum Gasteiger partial charge on any atom is 0.256 e. The third kappa shape index (κ3) is 3.77. The van der Waals surface area contributed by atoms with Crippen molar-refractivity contribution in [3.05, 3.63) is 108 Å². The molecule has 4 aromatic rings. The number of benzene rings is 3. The second kappa shape index (κ2) is 7.67. The van der Waals surface area contributed by atoms with Gasteiger partial charge >= 0.3 is 0 Å². The topological polar surface area (TPSA) is 42.0 Å². The Hall–Kier alpha value is -3.72. The molecule has 1 amide bonds. The first-order valence-electron chi connectivity index (χ1n) is 8.78. The molecule has 0 fully saturated rings. The summed E-state index contributed by atoms with van der Waals surface area (Å²) in [6.07, 6.45) is 3.64. The molecule has 0 aliphatic carbocycles. The summed E-state index contributed by atoms with van der Waals surface area (Å²) in [4.78, 5) is 17.6. The number of carbonyl (C=O) groups excluding carboxylic acids is 1. The van der Waals surface area contributed by atoms with Crippen LogP contribution in [0.25, 0.3) is 22.6 Å². The number of fused-ring (bicyclic) bond motifs is 1. The number of anilines is 1. The van der Waals surface area contributed by atoms with Crippen molar-refractivity contribution in [2.45, 2.75) is 0 Å². The van der Waals surface area contributed by atoms with Gasteiger partial charge in [-0.05, 0) is 29.3 Å². The monoisotopic (exact) mass is 350 g/mol. The molecule has 3 aromatic carbocycles. The molecule has 0 spiro atoms. The second-order valence-corrected chi connectivity index (χ2v) is 6.17. The third-order valence-electron chi connectivity index (χ3n) is 4.32. The van der Waals surface area contributed by atoms with Crippen LogP contribution in [0.5, 0.6) is 0 Å². The molecule has 0 bridgehead atoms. The smallest absolute Gasteiger partial charge is 0.256 e. The molecule has 1 aromatic heterocycles. The van der Waals surface area contributed by atoms with Crippen LogP contribution in [-0.4, -0.2) is 10.9 Å². The number of pyridine rings is 1. The van der Waals surface area contributed by atoms with Crippen LogP contribution < -0.4 is 5.32 Å². The van der Waals surface area contributed by atoms with Crippen molar-refractivity contribution in [1.29, 1.82) is 0 Å². The summed E-state index contributed by atoms with van der Waals surface area (Å²) in [7, 11) is 0. The van der Waals surface area contributed by atoms with E-state index in [1.165, 1.54) is 0 Å². The van der Waals surface area contributed by atoms with E-state index in [4.69, 9.17) is 0 Å². The van der Waals surface area contributed by atoms with E-state index in [0.717, 1.165) is 22.0 Å². The molecule has 3 nitrogen and oxygen atoms in total.